The van der Waals surface area contributed by atoms with Crippen LogP contribution in [0.3, 0.4) is 0 Å². The van der Waals surface area contributed by atoms with Crippen molar-refractivity contribution in [3.05, 3.63) is 11.6 Å². The van der Waals surface area contributed by atoms with E-state index < -0.39 is 0 Å². The second-order valence-corrected chi connectivity index (χ2v) is 9.46. The third-order valence-corrected chi connectivity index (χ3v) is 6.05. The smallest absolute Gasteiger partial charge is 0.0166 e. The number of hydrogen-bond donors (Lipinski definition) is 1. The molecule has 2 heteroatoms. The van der Waals surface area contributed by atoms with Crippen molar-refractivity contribution in [2.24, 2.45) is 17.8 Å². The van der Waals surface area contributed by atoms with Gasteiger partial charge in [0.25, 0.3) is 0 Å². The third kappa shape index (κ3) is 12.9. The van der Waals surface area contributed by atoms with Crippen molar-refractivity contribution in [3.63, 3.8) is 0 Å². The standard InChI is InChI=1S/C24H48N2/c1-21(2)9-6-10-22(3)11-7-12-23(4)13-8-14-24(5)15-18-26-19-16-25-17-20-26/h15,21-23,25H,6-14,16-20H2,1-5H3/t22-,23-/m1/s1. The topological polar surface area (TPSA) is 15.3 Å². The minimum Gasteiger partial charge on any atom is -0.314 e. The van der Waals surface area contributed by atoms with Crippen LogP contribution in [0.2, 0.25) is 0 Å². The van der Waals surface area contributed by atoms with Gasteiger partial charge in [-0.25, -0.2) is 0 Å². The van der Waals surface area contributed by atoms with Crippen LogP contribution in [0, 0.1) is 17.8 Å². The zero-order chi connectivity index (χ0) is 19.2. The van der Waals surface area contributed by atoms with Gasteiger partial charge in [-0.15, -0.1) is 0 Å². The highest BCUT2D eigenvalue weighted by molar-refractivity contribution is 4.99. The Morgan fingerprint density at radius 1 is 0.846 bits per heavy atom. The summed E-state index contributed by atoms with van der Waals surface area (Å²) in [4.78, 5) is 2.56. The summed E-state index contributed by atoms with van der Waals surface area (Å²) in [5, 5.41) is 3.42. The molecule has 0 radical (unpaired) electrons. The van der Waals surface area contributed by atoms with Gasteiger partial charge in [0, 0.05) is 32.7 Å². The Kier molecular flexibility index (Phi) is 13.4. The van der Waals surface area contributed by atoms with Crippen LogP contribution in [0.1, 0.15) is 92.4 Å². The molecule has 26 heavy (non-hydrogen) atoms. The van der Waals surface area contributed by atoms with E-state index in [1.54, 1.807) is 5.57 Å². The zero-order valence-corrected chi connectivity index (χ0v) is 18.7. The lowest BCUT2D eigenvalue weighted by atomic mass is 9.91. The van der Waals surface area contributed by atoms with E-state index >= 15 is 0 Å². The molecule has 0 spiro atoms. The van der Waals surface area contributed by atoms with Gasteiger partial charge in [0.15, 0.2) is 0 Å². The van der Waals surface area contributed by atoms with E-state index in [1.807, 2.05) is 0 Å². The number of allylic oxidation sites excluding steroid dienone is 1. The lowest BCUT2D eigenvalue weighted by Crippen LogP contribution is -2.43. The van der Waals surface area contributed by atoms with Gasteiger partial charge in [-0.1, -0.05) is 84.3 Å². The zero-order valence-electron chi connectivity index (χ0n) is 18.7. The van der Waals surface area contributed by atoms with Crippen molar-refractivity contribution < 1.29 is 0 Å². The third-order valence-electron chi connectivity index (χ3n) is 6.05. The molecule has 2 atom stereocenters. The van der Waals surface area contributed by atoms with Gasteiger partial charge in [-0.3, -0.25) is 4.90 Å². The van der Waals surface area contributed by atoms with E-state index in [-0.39, 0.29) is 0 Å². The van der Waals surface area contributed by atoms with Crippen LogP contribution >= 0.6 is 0 Å². The maximum absolute atomic E-state index is 3.42. The lowest BCUT2D eigenvalue weighted by Gasteiger charge is -2.26. The van der Waals surface area contributed by atoms with Crippen molar-refractivity contribution in [1.29, 1.82) is 0 Å². The quantitative estimate of drug-likeness (QED) is 0.365. The molecule has 0 aromatic heterocycles. The Hall–Kier alpha value is -0.340. The van der Waals surface area contributed by atoms with E-state index in [0.29, 0.717) is 0 Å². The molecule has 1 saturated heterocycles. The van der Waals surface area contributed by atoms with Crippen molar-refractivity contribution in [1.82, 2.24) is 10.2 Å². The number of hydrogen-bond acceptors (Lipinski definition) is 2. The van der Waals surface area contributed by atoms with Crippen LogP contribution < -0.4 is 5.32 Å². The van der Waals surface area contributed by atoms with Crippen molar-refractivity contribution >= 4 is 0 Å². The Bertz CT molecular complexity index is 355. The first-order chi connectivity index (χ1) is 12.5. The molecule has 1 N–H and O–H groups in total. The predicted molar refractivity (Wildman–Crippen MR) is 118 cm³/mol. The largest absolute Gasteiger partial charge is 0.314 e. The Morgan fingerprint density at radius 3 is 1.96 bits per heavy atom. The van der Waals surface area contributed by atoms with Crippen LogP contribution in [0.5, 0.6) is 0 Å². The van der Waals surface area contributed by atoms with Crippen LogP contribution in [0.4, 0.5) is 0 Å². The Morgan fingerprint density at radius 2 is 1.38 bits per heavy atom. The maximum Gasteiger partial charge on any atom is 0.0166 e. The molecule has 0 unspecified atom stereocenters. The second kappa shape index (κ2) is 14.7. The summed E-state index contributed by atoms with van der Waals surface area (Å²) >= 11 is 0. The summed E-state index contributed by atoms with van der Waals surface area (Å²) in [5.41, 5.74) is 1.59. The average molecular weight is 365 g/mol. The van der Waals surface area contributed by atoms with Gasteiger partial charge in [0.05, 0.1) is 0 Å². The molecule has 0 bridgehead atoms. The van der Waals surface area contributed by atoms with Crippen LogP contribution in [-0.4, -0.2) is 37.6 Å². The first kappa shape index (κ1) is 23.7. The predicted octanol–water partition coefficient (Wildman–Crippen LogP) is 6.28. The first-order valence-corrected chi connectivity index (χ1v) is 11.6. The normalized spacial score (nSPS) is 19.1. The molecule has 1 aliphatic heterocycles. The van der Waals surface area contributed by atoms with Crippen molar-refractivity contribution in [2.45, 2.75) is 92.4 Å². The first-order valence-electron chi connectivity index (χ1n) is 11.6. The Balaban J connectivity index is 2.00. The van der Waals surface area contributed by atoms with Crippen LogP contribution in [0.25, 0.3) is 0 Å². The van der Waals surface area contributed by atoms with Crippen molar-refractivity contribution in [2.75, 3.05) is 32.7 Å². The number of rotatable bonds is 14. The highest BCUT2D eigenvalue weighted by Gasteiger charge is 2.08. The molecule has 0 aliphatic carbocycles. The summed E-state index contributed by atoms with van der Waals surface area (Å²) in [6, 6.07) is 0. The van der Waals surface area contributed by atoms with Gasteiger partial charge in [0.1, 0.15) is 0 Å². The summed E-state index contributed by atoms with van der Waals surface area (Å²) in [6.45, 7) is 17.8. The van der Waals surface area contributed by atoms with E-state index in [2.05, 4.69) is 50.9 Å². The number of piperazine rings is 1. The fraction of sp³-hybridized carbons (Fsp3) is 0.917. The van der Waals surface area contributed by atoms with Gasteiger partial charge < -0.3 is 5.32 Å². The molecule has 1 heterocycles. The summed E-state index contributed by atoms with van der Waals surface area (Å²) in [7, 11) is 0. The Labute approximate surface area is 165 Å². The van der Waals surface area contributed by atoms with Gasteiger partial charge in [-0.2, -0.15) is 0 Å². The molecular formula is C24H48N2. The fourth-order valence-corrected chi connectivity index (χ4v) is 3.99. The molecule has 2 nitrogen and oxygen atoms in total. The SMILES string of the molecule is CC(=CCN1CCNCC1)CCC[C@H](C)CCC[C@H](C)CCCC(C)C. The lowest BCUT2D eigenvalue weighted by molar-refractivity contribution is 0.264. The van der Waals surface area contributed by atoms with E-state index in [1.165, 1.54) is 70.9 Å². The van der Waals surface area contributed by atoms with Crippen molar-refractivity contribution in [3.8, 4) is 0 Å². The van der Waals surface area contributed by atoms with Gasteiger partial charge in [0.2, 0.25) is 0 Å². The van der Waals surface area contributed by atoms with Gasteiger partial charge in [-0.05, 0) is 37.5 Å². The maximum atomic E-state index is 3.42. The highest BCUT2D eigenvalue weighted by atomic mass is 15.2. The molecule has 0 saturated carbocycles. The minimum absolute atomic E-state index is 0.872. The number of nitrogens with one attached hydrogen (secondary N) is 1. The highest BCUT2D eigenvalue weighted by Crippen LogP contribution is 2.22. The molecule has 1 aliphatic rings. The van der Waals surface area contributed by atoms with E-state index in [9.17, 15) is 0 Å². The summed E-state index contributed by atoms with van der Waals surface area (Å²) in [5.74, 6) is 2.70. The van der Waals surface area contributed by atoms with E-state index in [4.69, 9.17) is 0 Å². The molecule has 154 valence electrons. The fourth-order valence-electron chi connectivity index (χ4n) is 3.99. The monoisotopic (exact) mass is 364 g/mol. The molecule has 1 fully saturated rings. The average Bonchev–Trinajstić information content (AvgIpc) is 2.60. The molecule has 1 rings (SSSR count). The van der Waals surface area contributed by atoms with Crippen LogP contribution in [-0.2, 0) is 0 Å². The minimum atomic E-state index is 0.872. The van der Waals surface area contributed by atoms with Gasteiger partial charge >= 0.3 is 0 Å². The summed E-state index contributed by atoms with van der Waals surface area (Å²) in [6.07, 6.45) is 15.1. The molecular weight excluding hydrogens is 316 g/mol. The second-order valence-electron chi connectivity index (χ2n) is 9.46. The number of nitrogens with zero attached hydrogens (tertiary/aromatic N) is 1. The molecule has 0 aromatic rings. The molecule has 0 aromatic carbocycles. The van der Waals surface area contributed by atoms with E-state index in [0.717, 1.165) is 37.4 Å². The van der Waals surface area contributed by atoms with Crippen LogP contribution in [0.15, 0.2) is 11.6 Å². The summed E-state index contributed by atoms with van der Waals surface area (Å²) < 4.78 is 0. The molecule has 0 amide bonds.